The molecule has 0 aliphatic carbocycles. The van der Waals surface area contributed by atoms with Gasteiger partial charge in [-0.1, -0.05) is 0 Å². The summed E-state index contributed by atoms with van der Waals surface area (Å²) in [7, 11) is 2.78. The predicted molar refractivity (Wildman–Crippen MR) is 53.3 cm³/mol. The lowest BCUT2D eigenvalue weighted by Crippen LogP contribution is -2.19. The molecule has 0 unspecified atom stereocenters. The van der Waals surface area contributed by atoms with E-state index in [-0.39, 0.29) is 0 Å². The molecular weight excluding hydrogens is 192 g/mol. The minimum absolute atomic E-state index is 1.02. The fraction of sp³-hybridized carbons (Fsp3) is 0.667. The van der Waals surface area contributed by atoms with Gasteiger partial charge in [-0.3, -0.25) is 0 Å². The first-order chi connectivity index (χ1) is 5.86. The fourth-order valence-electron chi connectivity index (χ4n) is 0.362. The van der Waals surface area contributed by atoms with Crippen LogP contribution in [0.2, 0.25) is 0 Å². The lowest BCUT2D eigenvalue weighted by molar-refractivity contribution is 0.441. The Morgan fingerprint density at radius 1 is 1.08 bits per heavy atom. The number of hydrazone groups is 1. The zero-order chi connectivity index (χ0) is 10.5. The van der Waals surface area contributed by atoms with Crippen LogP contribution in [0.3, 0.4) is 0 Å². The third kappa shape index (κ3) is 5.31. The summed E-state index contributed by atoms with van der Waals surface area (Å²) in [6, 6.07) is 0. The highest BCUT2D eigenvalue weighted by molar-refractivity contribution is 7.87. The summed E-state index contributed by atoms with van der Waals surface area (Å²) in [5.74, 6) is 0. The van der Waals surface area contributed by atoms with E-state index in [0.29, 0.717) is 0 Å². The average molecular weight is 206 g/mol. The van der Waals surface area contributed by atoms with Crippen molar-refractivity contribution in [2.24, 2.45) is 9.50 Å². The van der Waals surface area contributed by atoms with Crippen LogP contribution in [0.25, 0.3) is 0 Å². The summed E-state index contributed by atoms with van der Waals surface area (Å²) in [4.78, 5) is 0. The lowest BCUT2D eigenvalue weighted by Gasteiger charge is -2.04. The molecule has 0 aliphatic rings. The van der Waals surface area contributed by atoms with Crippen LogP contribution in [-0.4, -0.2) is 58.4 Å². The quantitative estimate of drug-likeness (QED) is 0.456. The minimum atomic E-state index is -3.50. The van der Waals surface area contributed by atoms with Gasteiger partial charge in [0.25, 0.3) is 0 Å². The van der Waals surface area contributed by atoms with Crippen LogP contribution in [0.1, 0.15) is 0 Å². The highest BCUT2D eigenvalue weighted by Gasteiger charge is 2.08. The van der Waals surface area contributed by atoms with Crippen molar-refractivity contribution in [3.63, 3.8) is 0 Å². The van der Waals surface area contributed by atoms with E-state index in [1.807, 2.05) is 0 Å². The standard InChI is InChI=1S/C6H14N4O2S/c1-9(2)7-5-6-8-13(11,12)10(3)4/h5-6H,1-4H3/b7-5+,8-6+. The Morgan fingerprint density at radius 3 is 2.00 bits per heavy atom. The van der Waals surface area contributed by atoms with E-state index in [1.165, 1.54) is 25.3 Å². The molecule has 0 rings (SSSR count). The summed E-state index contributed by atoms with van der Waals surface area (Å²) < 4.78 is 26.4. The monoisotopic (exact) mass is 206 g/mol. The number of rotatable bonds is 4. The SMILES string of the molecule is CN(C)/N=C/C=N/S(=O)(=O)N(C)C. The zero-order valence-electron chi connectivity index (χ0n) is 8.17. The van der Waals surface area contributed by atoms with Gasteiger partial charge in [-0.2, -0.15) is 22.2 Å². The topological polar surface area (TPSA) is 65.3 Å². The van der Waals surface area contributed by atoms with Crippen LogP contribution < -0.4 is 0 Å². The number of hydrogen-bond acceptors (Lipinski definition) is 4. The molecule has 76 valence electrons. The van der Waals surface area contributed by atoms with Gasteiger partial charge >= 0.3 is 10.2 Å². The van der Waals surface area contributed by atoms with E-state index in [1.54, 1.807) is 14.1 Å². The molecule has 0 N–H and O–H groups in total. The van der Waals surface area contributed by atoms with Crippen molar-refractivity contribution in [3.05, 3.63) is 0 Å². The Bertz CT molecular complexity index is 292. The molecule has 0 bridgehead atoms. The van der Waals surface area contributed by atoms with Gasteiger partial charge in [0.1, 0.15) is 0 Å². The fourth-order valence-corrected chi connectivity index (χ4v) is 0.758. The molecule has 0 aliphatic heterocycles. The molecule has 0 spiro atoms. The molecule has 0 heterocycles. The molecule has 0 aromatic heterocycles. The maximum atomic E-state index is 11.0. The third-order valence-corrected chi connectivity index (χ3v) is 2.33. The van der Waals surface area contributed by atoms with Gasteiger partial charge in [0.05, 0.1) is 12.4 Å². The van der Waals surface area contributed by atoms with Crippen LogP contribution in [0.15, 0.2) is 9.50 Å². The maximum absolute atomic E-state index is 11.0. The van der Waals surface area contributed by atoms with Crippen molar-refractivity contribution in [1.82, 2.24) is 9.31 Å². The summed E-state index contributed by atoms with van der Waals surface area (Å²) >= 11 is 0. The Kier molecular flexibility index (Phi) is 4.57. The Hall–Kier alpha value is -0.950. The second kappa shape index (κ2) is 4.93. The predicted octanol–water partition coefficient (Wildman–Crippen LogP) is -0.589. The van der Waals surface area contributed by atoms with Crippen LogP contribution in [0.5, 0.6) is 0 Å². The van der Waals surface area contributed by atoms with Gasteiger partial charge < -0.3 is 5.01 Å². The van der Waals surface area contributed by atoms with E-state index in [9.17, 15) is 8.42 Å². The highest BCUT2D eigenvalue weighted by Crippen LogP contribution is 1.92. The zero-order valence-corrected chi connectivity index (χ0v) is 8.98. The van der Waals surface area contributed by atoms with Crippen molar-refractivity contribution >= 4 is 22.6 Å². The van der Waals surface area contributed by atoms with Crippen molar-refractivity contribution in [2.45, 2.75) is 0 Å². The molecule has 0 radical (unpaired) electrons. The Balaban J connectivity index is 4.30. The van der Waals surface area contributed by atoms with Crippen LogP contribution >= 0.6 is 0 Å². The molecule has 0 saturated heterocycles. The largest absolute Gasteiger partial charge is 0.321 e. The van der Waals surface area contributed by atoms with Crippen molar-refractivity contribution in [3.8, 4) is 0 Å². The highest BCUT2D eigenvalue weighted by atomic mass is 32.2. The maximum Gasteiger partial charge on any atom is 0.321 e. The summed E-state index contributed by atoms with van der Waals surface area (Å²) in [5, 5.41) is 5.30. The van der Waals surface area contributed by atoms with Crippen molar-refractivity contribution in [2.75, 3.05) is 28.2 Å². The number of nitrogens with zero attached hydrogens (tertiary/aromatic N) is 4. The second-order valence-corrected chi connectivity index (χ2v) is 4.46. The van der Waals surface area contributed by atoms with Gasteiger partial charge in [0.2, 0.25) is 0 Å². The smallest absolute Gasteiger partial charge is 0.303 e. The first-order valence-electron chi connectivity index (χ1n) is 3.54. The molecule has 0 fully saturated rings. The van der Waals surface area contributed by atoms with E-state index < -0.39 is 10.2 Å². The first kappa shape index (κ1) is 12.0. The molecule has 0 aromatic carbocycles. The van der Waals surface area contributed by atoms with Crippen LogP contribution in [-0.2, 0) is 10.2 Å². The molecule has 0 amide bonds. The van der Waals surface area contributed by atoms with Gasteiger partial charge in [-0.05, 0) is 0 Å². The summed E-state index contributed by atoms with van der Waals surface area (Å²) in [5.41, 5.74) is 0. The van der Waals surface area contributed by atoms with Crippen molar-refractivity contribution in [1.29, 1.82) is 0 Å². The molecule has 0 saturated carbocycles. The normalized spacial score (nSPS) is 13.3. The molecule has 0 atom stereocenters. The van der Waals surface area contributed by atoms with Crippen molar-refractivity contribution < 1.29 is 8.42 Å². The Labute approximate surface area is 78.7 Å². The lowest BCUT2D eigenvalue weighted by atomic mass is 10.8. The molecule has 13 heavy (non-hydrogen) atoms. The Morgan fingerprint density at radius 2 is 1.62 bits per heavy atom. The van der Waals surface area contributed by atoms with E-state index >= 15 is 0 Å². The molecule has 0 aromatic rings. The second-order valence-electron chi connectivity index (χ2n) is 2.63. The molecule has 6 nitrogen and oxygen atoms in total. The van der Waals surface area contributed by atoms with Gasteiger partial charge in [0, 0.05) is 28.2 Å². The van der Waals surface area contributed by atoms with Gasteiger partial charge in [0.15, 0.2) is 0 Å². The summed E-state index contributed by atoms with van der Waals surface area (Å²) in [6.07, 6.45) is 2.44. The van der Waals surface area contributed by atoms with Crippen LogP contribution in [0.4, 0.5) is 0 Å². The van der Waals surface area contributed by atoms with Gasteiger partial charge in [-0.15, -0.1) is 0 Å². The third-order valence-electron chi connectivity index (χ3n) is 1.02. The summed E-state index contributed by atoms with van der Waals surface area (Å²) in [6.45, 7) is 0. The van der Waals surface area contributed by atoms with E-state index in [2.05, 4.69) is 9.50 Å². The first-order valence-corrected chi connectivity index (χ1v) is 4.93. The molecule has 7 heteroatoms. The minimum Gasteiger partial charge on any atom is -0.303 e. The number of hydrogen-bond donors (Lipinski definition) is 0. The average Bonchev–Trinajstić information content (AvgIpc) is 1.97. The van der Waals surface area contributed by atoms with Gasteiger partial charge in [-0.25, -0.2) is 0 Å². The molecular formula is C6H14N4O2S. The van der Waals surface area contributed by atoms with Crippen LogP contribution in [0, 0.1) is 0 Å². The van der Waals surface area contributed by atoms with E-state index in [0.717, 1.165) is 10.5 Å². The van der Waals surface area contributed by atoms with E-state index in [4.69, 9.17) is 0 Å².